The molecule has 0 bridgehead atoms. The Kier molecular flexibility index (Phi) is 5.01. The van der Waals surface area contributed by atoms with Gasteiger partial charge in [0.05, 0.1) is 5.56 Å². The van der Waals surface area contributed by atoms with E-state index in [-0.39, 0.29) is 29.7 Å². The van der Waals surface area contributed by atoms with Crippen molar-refractivity contribution in [3.63, 3.8) is 0 Å². The van der Waals surface area contributed by atoms with E-state index < -0.39 is 11.7 Å². The molecule has 1 fully saturated rings. The van der Waals surface area contributed by atoms with Crippen molar-refractivity contribution in [2.45, 2.75) is 18.5 Å². The molecule has 0 spiro atoms. The molecular formula is C16H15ClF3N5O. The highest BCUT2D eigenvalue weighted by Gasteiger charge is 2.31. The van der Waals surface area contributed by atoms with Crippen LogP contribution < -0.4 is 5.32 Å². The molecule has 3 heterocycles. The van der Waals surface area contributed by atoms with E-state index in [1.165, 1.54) is 12.1 Å². The van der Waals surface area contributed by atoms with Gasteiger partial charge < -0.3 is 9.84 Å². The highest BCUT2D eigenvalue weighted by molar-refractivity contribution is 5.85. The molecule has 1 saturated heterocycles. The Balaban J connectivity index is 0.00000196. The molecule has 0 aliphatic carbocycles. The Bertz CT molecular complexity index is 886. The molecule has 1 aromatic carbocycles. The molecule has 138 valence electrons. The SMILES string of the molecule is Cl.FC(F)(F)c1cccc(-c2noc(-c3cc(C4CCNC4)[nH]n3)n2)c1. The van der Waals surface area contributed by atoms with Gasteiger partial charge in [-0.25, -0.2) is 0 Å². The predicted molar refractivity (Wildman–Crippen MR) is 89.8 cm³/mol. The topological polar surface area (TPSA) is 79.6 Å². The van der Waals surface area contributed by atoms with Crippen LogP contribution in [0.3, 0.4) is 0 Å². The van der Waals surface area contributed by atoms with Crippen LogP contribution in [-0.4, -0.2) is 33.4 Å². The summed E-state index contributed by atoms with van der Waals surface area (Å²) in [4.78, 5) is 4.17. The van der Waals surface area contributed by atoms with Crippen molar-refractivity contribution in [1.29, 1.82) is 0 Å². The van der Waals surface area contributed by atoms with Gasteiger partial charge in [-0.2, -0.15) is 23.3 Å². The van der Waals surface area contributed by atoms with Gasteiger partial charge in [0.2, 0.25) is 5.82 Å². The Hall–Kier alpha value is -2.39. The Morgan fingerprint density at radius 1 is 1.19 bits per heavy atom. The van der Waals surface area contributed by atoms with Crippen LogP contribution >= 0.6 is 12.4 Å². The number of rotatable bonds is 3. The Morgan fingerprint density at radius 3 is 2.77 bits per heavy atom. The number of aromatic amines is 1. The van der Waals surface area contributed by atoms with Crippen LogP contribution in [-0.2, 0) is 6.18 Å². The number of aromatic nitrogens is 4. The van der Waals surface area contributed by atoms with Crippen molar-refractivity contribution < 1.29 is 17.7 Å². The Morgan fingerprint density at radius 2 is 2.04 bits per heavy atom. The van der Waals surface area contributed by atoms with Crippen molar-refractivity contribution in [3.05, 3.63) is 41.6 Å². The average Bonchev–Trinajstić information content (AvgIpc) is 3.33. The summed E-state index contributed by atoms with van der Waals surface area (Å²) < 4.78 is 43.6. The van der Waals surface area contributed by atoms with E-state index in [0.29, 0.717) is 11.6 Å². The first kappa shape index (κ1) is 18.4. The summed E-state index contributed by atoms with van der Waals surface area (Å²) in [5, 5.41) is 14.2. The molecule has 0 saturated carbocycles. The van der Waals surface area contributed by atoms with Crippen LogP contribution in [0.4, 0.5) is 13.2 Å². The molecule has 3 aromatic rings. The standard InChI is InChI=1S/C16H14F3N5O.ClH/c17-16(18,19)11-3-1-2-9(6-11)14-21-15(25-24-14)13-7-12(22-23-13)10-4-5-20-8-10;/h1-3,6-7,10,20H,4-5,8H2,(H,22,23);1H. The number of alkyl halides is 3. The fraction of sp³-hybridized carbons (Fsp3) is 0.312. The molecule has 6 nitrogen and oxygen atoms in total. The van der Waals surface area contributed by atoms with E-state index in [2.05, 4.69) is 25.7 Å². The number of nitrogens with zero attached hydrogens (tertiary/aromatic N) is 3. The third kappa shape index (κ3) is 3.58. The summed E-state index contributed by atoms with van der Waals surface area (Å²) in [7, 11) is 0. The molecule has 2 aromatic heterocycles. The van der Waals surface area contributed by atoms with Crippen LogP contribution in [0.5, 0.6) is 0 Å². The number of hydrogen-bond acceptors (Lipinski definition) is 5. The van der Waals surface area contributed by atoms with E-state index in [9.17, 15) is 13.2 Å². The van der Waals surface area contributed by atoms with Crippen LogP contribution in [0, 0.1) is 0 Å². The monoisotopic (exact) mass is 385 g/mol. The fourth-order valence-corrected chi connectivity index (χ4v) is 2.85. The normalized spacial score (nSPS) is 17.3. The maximum atomic E-state index is 12.8. The summed E-state index contributed by atoms with van der Waals surface area (Å²) >= 11 is 0. The molecule has 0 amide bonds. The predicted octanol–water partition coefficient (Wildman–Crippen LogP) is 3.64. The zero-order valence-corrected chi connectivity index (χ0v) is 14.2. The van der Waals surface area contributed by atoms with Crippen molar-refractivity contribution in [1.82, 2.24) is 25.7 Å². The van der Waals surface area contributed by atoms with Crippen molar-refractivity contribution in [2.24, 2.45) is 0 Å². The number of halogens is 4. The number of nitrogens with one attached hydrogen (secondary N) is 2. The van der Waals surface area contributed by atoms with Gasteiger partial charge in [-0.3, -0.25) is 5.10 Å². The lowest BCUT2D eigenvalue weighted by molar-refractivity contribution is -0.137. The second kappa shape index (κ2) is 7.08. The first-order valence-corrected chi connectivity index (χ1v) is 7.78. The average molecular weight is 386 g/mol. The van der Waals surface area contributed by atoms with Crippen molar-refractivity contribution in [3.8, 4) is 23.0 Å². The van der Waals surface area contributed by atoms with Crippen LogP contribution in [0.1, 0.15) is 23.6 Å². The molecule has 10 heteroatoms. The van der Waals surface area contributed by atoms with E-state index in [4.69, 9.17) is 4.52 Å². The molecule has 1 aliphatic rings. The highest BCUT2D eigenvalue weighted by Crippen LogP contribution is 2.32. The first-order chi connectivity index (χ1) is 12.0. The third-order valence-electron chi connectivity index (χ3n) is 4.19. The lowest BCUT2D eigenvalue weighted by Crippen LogP contribution is -2.08. The van der Waals surface area contributed by atoms with Crippen LogP contribution in [0.15, 0.2) is 34.9 Å². The zero-order chi connectivity index (χ0) is 17.4. The quantitative estimate of drug-likeness (QED) is 0.719. The molecule has 1 aliphatic heterocycles. The number of benzene rings is 1. The number of H-pyrrole nitrogens is 1. The van der Waals surface area contributed by atoms with E-state index >= 15 is 0 Å². The van der Waals surface area contributed by atoms with Crippen molar-refractivity contribution >= 4 is 12.4 Å². The molecular weight excluding hydrogens is 371 g/mol. The second-order valence-corrected chi connectivity index (χ2v) is 5.90. The van der Waals surface area contributed by atoms with E-state index in [1.54, 1.807) is 0 Å². The first-order valence-electron chi connectivity index (χ1n) is 7.78. The fourth-order valence-electron chi connectivity index (χ4n) is 2.85. The summed E-state index contributed by atoms with van der Waals surface area (Å²) in [5.41, 5.74) is 0.930. The van der Waals surface area contributed by atoms with Crippen molar-refractivity contribution in [2.75, 3.05) is 13.1 Å². The lowest BCUT2D eigenvalue weighted by Gasteiger charge is -2.06. The van der Waals surface area contributed by atoms with Gasteiger partial charge >= 0.3 is 6.18 Å². The molecule has 26 heavy (non-hydrogen) atoms. The molecule has 1 atom stereocenters. The molecule has 0 radical (unpaired) electrons. The minimum absolute atomic E-state index is 0. The van der Waals surface area contributed by atoms with Gasteiger partial charge in [-0.1, -0.05) is 17.3 Å². The van der Waals surface area contributed by atoms with Gasteiger partial charge in [0, 0.05) is 23.7 Å². The minimum atomic E-state index is -4.42. The summed E-state index contributed by atoms with van der Waals surface area (Å²) in [5.74, 6) is 0.612. The molecule has 1 unspecified atom stereocenters. The smallest absolute Gasteiger partial charge is 0.332 e. The number of hydrogen-bond donors (Lipinski definition) is 2. The maximum Gasteiger partial charge on any atom is 0.416 e. The van der Waals surface area contributed by atoms with E-state index in [0.717, 1.165) is 37.3 Å². The van der Waals surface area contributed by atoms with Gasteiger partial charge in [0.15, 0.2) is 5.69 Å². The minimum Gasteiger partial charge on any atom is -0.332 e. The molecule has 2 N–H and O–H groups in total. The summed E-state index contributed by atoms with van der Waals surface area (Å²) in [6.07, 6.45) is -3.41. The molecule has 4 rings (SSSR count). The Labute approximate surface area is 152 Å². The highest BCUT2D eigenvalue weighted by atomic mass is 35.5. The largest absolute Gasteiger partial charge is 0.416 e. The van der Waals surface area contributed by atoms with Gasteiger partial charge in [-0.15, -0.1) is 12.4 Å². The van der Waals surface area contributed by atoms with Crippen LogP contribution in [0.25, 0.3) is 23.0 Å². The zero-order valence-electron chi connectivity index (χ0n) is 13.4. The summed E-state index contributed by atoms with van der Waals surface area (Å²) in [6.45, 7) is 1.83. The van der Waals surface area contributed by atoms with Gasteiger partial charge in [0.25, 0.3) is 5.89 Å². The maximum absolute atomic E-state index is 12.8. The van der Waals surface area contributed by atoms with Gasteiger partial charge in [-0.05, 0) is 31.2 Å². The second-order valence-electron chi connectivity index (χ2n) is 5.90. The van der Waals surface area contributed by atoms with Crippen LogP contribution in [0.2, 0.25) is 0 Å². The van der Waals surface area contributed by atoms with E-state index in [1.807, 2.05) is 6.07 Å². The third-order valence-corrected chi connectivity index (χ3v) is 4.19. The van der Waals surface area contributed by atoms with Gasteiger partial charge in [0.1, 0.15) is 0 Å². The summed E-state index contributed by atoms with van der Waals surface area (Å²) in [6, 6.07) is 6.65. The lowest BCUT2D eigenvalue weighted by atomic mass is 10.1.